The Balaban J connectivity index is 2.44. The van der Waals surface area contributed by atoms with Crippen LogP contribution in [0.2, 0.25) is 0 Å². The van der Waals surface area contributed by atoms with Gasteiger partial charge in [0.25, 0.3) is 5.91 Å². The number of rotatable bonds is 1. The minimum atomic E-state index is -0.631. The van der Waals surface area contributed by atoms with Crippen molar-refractivity contribution in [1.29, 1.82) is 0 Å². The van der Waals surface area contributed by atoms with Gasteiger partial charge in [-0.1, -0.05) is 29.8 Å². The highest BCUT2D eigenvalue weighted by molar-refractivity contribution is 9.10. The molecule has 21 heavy (non-hydrogen) atoms. The summed E-state index contributed by atoms with van der Waals surface area (Å²) < 4.78 is 6.28. The lowest BCUT2D eigenvalue weighted by atomic mass is 9.96. The zero-order chi connectivity index (χ0) is 15.9. The molecule has 114 valence electrons. The Kier molecular flexibility index (Phi) is 4.15. The van der Waals surface area contributed by atoms with Gasteiger partial charge >= 0.3 is 6.09 Å². The molecule has 2 amide bonds. The molecule has 0 spiro atoms. The molecule has 0 aliphatic carbocycles. The number of carbonyl (C=O) groups is 2. The number of carbonyl (C=O) groups excluding carboxylic acids is 2. The van der Waals surface area contributed by atoms with E-state index in [1.807, 2.05) is 26.0 Å². The maximum absolute atomic E-state index is 12.6. The Hall–Kier alpha value is -1.36. The van der Waals surface area contributed by atoms with E-state index in [4.69, 9.17) is 4.74 Å². The Morgan fingerprint density at radius 2 is 1.95 bits per heavy atom. The first-order chi connectivity index (χ1) is 9.61. The lowest BCUT2D eigenvalue weighted by Crippen LogP contribution is -2.40. The third-order valence-corrected chi connectivity index (χ3v) is 3.77. The quantitative estimate of drug-likeness (QED) is 0.744. The molecule has 0 fully saturated rings. The molecule has 1 aromatic carbocycles. The molecule has 0 aromatic heterocycles. The predicted molar refractivity (Wildman–Crippen MR) is 84.1 cm³/mol. The number of benzene rings is 1. The monoisotopic (exact) mass is 353 g/mol. The van der Waals surface area contributed by atoms with Crippen molar-refractivity contribution in [2.75, 3.05) is 0 Å². The van der Waals surface area contributed by atoms with Gasteiger partial charge in [-0.05, 0) is 50.5 Å². The summed E-state index contributed by atoms with van der Waals surface area (Å²) in [5.74, 6) is -0.178. The van der Waals surface area contributed by atoms with E-state index in [9.17, 15) is 9.59 Å². The SMILES string of the molecule is CC(C)C1c2cc(Br)ccc2C(=O)N1C(=O)OC(C)(C)C. The van der Waals surface area contributed by atoms with Gasteiger partial charge in [0.05, 0.1) is 6.04 Å². The second-order valence-corrected chi connectivity index (χ2v) is 7.49. The van der Waals surface area contributed by atoms with Crippen molar-refractivity contribution in [2.45, 2.75) is 46.3 Å². The number of fused-ring (bicyclic) bond motifs is 1. The number of hydrogen-bond donors (Lipinski definition) is 0. The molecule has 0 saturated carbocycles. The first-order valence-electron chi connectivity index (χ1n) is 6.98. The Morgan fingerprint density at radius 3 is 2.48 bits per heavy atom. The number of hydrogen-bond acceptors (Lipinski definition) is 3. The highest BCUT2D eigenvalue weighted by Gasteiger charge is 2.44. The van der Waals surface area contributed by atoms with Crippen LogP contribution in [0.4, 0.5) is 4.79 Å². The molecule has 2 rings (SSSR count). The van der Waals surface area contributed by atoms with Crippen LogP contribution in [0.5, 0.6) is 0 Å². The molecule has 1 aliphatic heterocycles. The summed E-state index contributed by atoms with van der Waals surface area (Å²) in [5, 5.41) is 0. The fourth-order valence-electron chi connectivity index (χ4n) is 2.53. The summed E-state index contributed by atoms with van der Waals surface area (Å²) in [6, 6.07) is 5.18. The predicted octanol–water partition coefficient (Wildman–Crippen LogP) is 4.54. The van der Waals surface area contributed by atoms with Crippen LogP contribution in [0.15, 0.2) is 22.7 Å². The maximum Gasteiger partial charge on any atom is 0.417 e. The first-order valence-corrected chi connectivity index (χ1v) is 7.77. The van der Waals surface area contributed by atoms with E-state index in [0.717, 1.165) is 10.0 Å². The lowest BCUT2D eigenvalue weighted by molar-refractivity contribution is 0.0153. The van der Waals surface area contributed by atoms with Crippen molar-refractivity contribution in [2.24, 2.45) is 5.92 Å². The lowest BCUT2D eigenvalue weighted by Gasteiger charge is -2.29. The molecule has 0 saturated heterocycles. The van der Waals surface area contributed by atoms with Crippen LogP contribution in [-0.2, 0) is 4.74 Å². The van der Waals surface area contributed by atoms with Gasteiger partial charge in [0.15, 0.2) is 0 Å². The van der Waals surface area contributed by atoms with Crippen molar-refractivity contribution >= 4 is 27.9 Å². The van der Waals surface area contributed by atoms with Crippen LogP contribution in [0.25, 0.3) is 0 Å². The summed E-state index contributed by atoms with van der Waals surface area (Å²) in [7, 11) is 0. The largest absolute Gasteiger partial charge is 0.443 e. The third-order valence-electron chi connectivity index (χ3n) is 3.28. The molecule has 1 atom stereocenters. The van der Waals surface area contributed by atoms with E-state index in [1.165, 1.54) is 4.90 Å². The molecule has 0 N–H and O–H groups in total. The van der Waals surface area contributed by atoms with Crippen molar-refractivity contribution in [3.63, 3.8) is 0 Å². The molecule has 1 aliphatic rings. The average Bonchev–Trinajstić information content (AvgIpc) is 2.60. The van der Waals surface area contributed by atoms with E-state index >= 15 is 0 Å². The van der Waals surface area contributed by atoms with Crippen LogP contribution < -0.4 is 0 Å². The number of amides is 2. The molecule has 0 radical (unpaired) electrons. The van der Waals surface area contributed by atoms with Crippen molar-refractivity contribution in [3.8, 4) is 0 Å². The number of halogens is 1. The molecular weight excluding hydrogens is 334 g/mol. The van der Waals surface area contributed by atoms with Gasteiger partial charge in [-0.15, -0.1) is 0 Å². The maximum atomic E-state index is 12.6. The van der Waals surface area contributed by atoms with E-state index in [2.05, 4.69) is 15.9 Å². The van der Waals surface area contributed by atoms with Gasteiger partial charge in [-0.3, -0.25) is 4.79 Å². The number of imide groups is 1. The smallest absolute Gasteiger partial charge is 0.417 e. The summed E-state index contributed by atoms with van der Waals surface area (Å²) in [6.45, 7) is 9.36. The van der Waals surface area contributed by atoms with E-state index in [1.54, 1.807) is 26.8 Å². The first kappa shape index (κ1) is 16.0. The fourth-order valence-corrected chi connectivity index (χ4v) is 2.91. The topological polar surface area (TPSA) is 46.6 Å². The third kappa shape index (κ3) is 3.12. The highest BCUT2D eigenvalue weighted by atomic mass is 79.9. The van der Waals surface area contributed by atoms with E-state index in [0.29, 0.717) is 5.56 Å². The van der Waals surface area contributed by atoms with Gasteiger partial charge in [-0.25, -0.2) is 9.69 Å². The van der Waals surface area contributed by atoms with Crippen molar-refractivity contribution < 1.29 is 14.3 Å². The van der Waals surface area contributed by atoms with Crippen LogP contribution in [0.3, 0.4) is 0 Å². The minimum Gasteiger partial charge on any atom is -0.443 e. The van der Waals surface area contributed by atoms with Crippen LogP contribution in [-0.4, -0.2) is 22.5 Å². The van der Waals surface area contributed by atoms with Crippen LogP contribution >= 0.6 is 15.9 Å². The van der Waals surface area contributed by atoms with Crippen LogP contribution in [0, 0.1) is 5.92 Å². The van der Waals surface area contributed by atoms with Gasteiger partial charge < -0.3 is 4.74 Å². The zero-order valence-corrected chi connectivity index (χ0v) is 14.5. The molecule has 1 aromatic rings. The normalized spacial score (nSPS) is 18.1. The second-order valence-electron chi connectivity index (χ2n) is 6.58. The Morgan fingerprint density at radius 1 is 1.33 bits per heavy atom. The van der Waals surface area contributed by atoms with E-state index in [-0.39, 0.29) is 17.9 Å². The summed E-state index contributed by atoms with van der Waals surface area (Å²) in [5.41, 5.74) is 0.812. The standard InChI is InChI=1S/C16H20BrNO3/c1-9(2)13-12-8-10(17)6-7-11(12)14(19)18(13)15(20)21-16(3,4)5/h6-9,13H,1-5H3. The molecular formula is C16H20BrNO3. The second kappa shape index (κ2) is 5.44. The summed E-state index contributed by atoms with van der Waals surface area (Å²) in [6.07, 6.45) is -0.585. The molecule has 1 unspecified atom stereocenters. The fraction of sp³-hybridized carbons (Fsp3) is 0.500. The Labute approximate surface area is 133 Å². The van der Waals surface area contributed by atoms with Gasteiger partial charge in [0.2, 0.25) is 0 Å². The van der Waals surface area contributed by atoms with Gasteiger partial charge in [-0.2, -0.15) is 0 Å². The van der Waals surface area contributed by atoms with E-state index < -0.39 is 11.7 Å². The van der Waals surface area contributed by atoms with Crippen LogP contribution in [0.1, 0.15) is 56.6 Å². The molecule has 1 heterocycles. The van der Waals surface area contributed by atoms with Crippen molar-refractivity contribution in [1.82, 2.24) is 4.90 Å². The summed E-state index contributed by atoms with van der Waals surface area (Å²) in [4.78, 5) is 26.2. The Bertz CT molecular complexity index is 590. The molecule has 4 nitrogen and oxygen atoms in total. The van der Waals surface area contributed by atoms with Gasteiger partial charge in [0.1, 0.15) is 5.60 Å². The van der Waals surface area contributed by atoms with Gasteiger partial charge in [0, 0.05) is 10.0 Å². The minimum absolute atomic E-state index is 0.108. The number of ether oxygens (including phenoxy) is 1. The summed E-state index contributed by atoms with van der Waals surface area (Å²) >= 11 is 3.42. The zero-order valence-electron chi connectivity index (χ0n) is 12.9. The molecule has 5 heteroatoms. The van der Waals surface area contributed by atoms with Crippen molar-refractivity contribution in [3.05, 3.63) is 33.8 Å². The average molecular weight is 354 g/mol. The molecule has 0 bridgehead atoms. The number of nitrogens with zero attached hydrogens (tertiary/aromatic N) is 1. The highest BCUT2D eigenvalue weighted by Crippen LogP contribution is 2.40.